The van der Waals surface area contributed by atoms with E-state index in [9.17, 15) is 0 Å². The van der Waals surface area contributed by atoms with Gasteiger partial charge in [-0.2, -0.15) is 0 Å². The lowest BCUT2D eigenvalue weighted by Gasteiger charge is -2.37. The predicted molar refractivity (Wildman–Crippen MR) is 104 cm³/mol. The average molecular weight is 362 g/mol. The summed E-state index contributed by atoms with van der Waals surface area (Å²) in [5.74, 6) is 0. The van der Waals surface area contributed by atoms with Crippen molar-refractivity contribution in [1.82, 2.24) is 4.90 Å². The van der Waals surface area contributed by atoms with Crippen LogP contribution in [0.2, 0.25) is 5.02 Å². The third-order valence-electron chi connectivity index (χ3n) is 4.30. The number of aromatic amines is 1. The number of hydrogen-bond acceptors (Lipinski definition) is 2. The Hall–Kier alpha value is -1.85. The van der Waals surface area contributed by atoms with Crippen molar-refractivity contribution in [2.45, 2.75) is 13.8 Å². The number of piperazine rings is 1. The van der Waals surface area contributed by atoms with Crippen LogP contribution < -0.4 is 15.2 Å². The summed E-state index contributed by atoms with van der Waals surface area (Å²) < 4.78 is 0. The van der Waals surface area contributed by atoms with Gasteiger partial charge in [0.1, 0.15) is 0 Å². The monoisotopic (exact) mass is 361 g/mol. The van der Waals surface area contributed by atoms with Crippen LogP contribution in [0.15, 0.2) is 36.7 Å². The zero-order chi connectivity index (χ0) is 17.1. The Labute approximate surface area is 153 Å². The summed E-state index contributed by atoms with van der Waals surface area (Å²) in [7, 11) is 0. The van der Waals surface area contributed by atoms with E-state index in [2.05, 4.69) is 38.3 Å². The molecule has 1 fully saturated rings. The van der Waals surface area contributed by atoms with Gasteiger partial charge in [0.05, 0.1) is 10.7 Å². The first kappa shape index (κ1) is 17.0. The summed E-state index contributed by atoms with van der Waals surface area (Å²) in [5.41, 5.74) is 4.42. The molecule has 3 rings (SSSR count). The lowest BCUT2D eigenvalue weighted by molar-refractivity contribution is -0.377. The van der Waals surface area contributed by atoms with Crippen LogP contribution >= 0.6 is 23.8 Å². The van der Waals surface area contributed by atoms with Gasteiger partial charge in [0, 0.05) is 44.0 Å². The molecule has 0 saturated carbocycles. The summed E-state index contributed by atoms with van der Waals surface area (Å²) in [6.07, 6.45) is 3.91. The van der Waals surface area contributed by atoms with Crippen LogP contribution in [-0.2, 0) is 0 Å². The molecule has 0 aliphatic carbocycles. The molecular weight excluding hydrogens is 340 g/mol. The smallest absolute Gasteiger partial charge is 0.173 e. The van der Waals surface area contributed by atoms with E-state index in [0.29, 0.717) is 5.02 Å². The molecule has 1 aliphatic rings. The maximum Gasteiger partial charge on any atom is 0.173 e. The van der Waals surface area contributed by atoms with Crippen LogP contribution in [0.1, 0.15) is 11.1 Å². The second-order valence-electron chi connectivity index (χ2n) is 6.10. The molecule has 1 aromatic heterocycles. The highest BCUT2D eigenvalue weighted by atomic mass is 35.5. The molecule has 0 bridgehead atoms. The lowest BCUT2D eigenvalue weighted by atomic mass is 10.1. The van der Waals surface area contributed by atoms with E-state index in [1.54, 1.807) is 0 Å². The Morgan fingerprint density at radius 1 is 1.12 bits per heavy atom. The van der Waals surface area contributed by atoms with Crippen molar-refractivity contribution in [2.24, 2.45) is 0 Å². The van der Waals surface area contributed by atoms with Crippen molar-refractivity contribution >= 4 is 40.3 Å². The molecule has 1 aliphatic heterocycles. The van der Waals surface area contributed by atoms with Crippen LogP contribution in [0.3, 0.4) is 0 Å². The summed E-state index contributed by atoms with van der Waals surface area (Å²) in [6.45, 7) is 7.79. The molecule has 126 valence electrons. The number of hydrogen-bond donors (Lipinski definition) is 1. The molecule has 0 unspecified atom stereocenters. The predicted octanol–water partition coefficient (Wildman–Crippen LogP) is 3.29. The van der Waals surface area contributed by atoms with E-state index in [-0.39, 0.29) is 0 Å². The molecule has 0 radical (unpaired) electrons. The Morgan fingerprint density at radius 3 is 2.42 bits per heavy atom. The molecule has 0 atom stereocenters. The molecule has 0 spiro atoms. The summed E-state index contributed by atoms with van der Waals surface area (Å²) in [6, 6.07) is 8.27. The van der Waals surface area contributed by atoms with E-state index < -0.39 is 0 Å². The number of anilines is 2. The van der Waals surface area contributed by atoms with Crippen molar-refractivity contribution in [3.05, 3.63) is 52.8 Å². The number of thiocarbonyl (C=S) groups is 1. The first-order valence-electron chi connectivity index (χ1n) is 8.08. The van der Waals surface area contributed by atoms with Crippen LogP contribution in [-0.4, -0.2) is 36.2 Å². The molecule has 0 amide bonds. The molecule has 6 heteroatoms. The number of aromatic nitrogens is 1. The van der Waals surface area contributed by atoms with Gasteiger partial charge in [0.15, 0.2) is 17.5 Å². The Balaban J connectivity index is 1.62. The molecular formula is C18H22ClN4S+. The highest BCUT2D eigenvalue weighted by molar-refractivity contribution is 7.80. The Bertz CT molecular complexity index is 704. The third kappa shape index (κ3) is 3.79. The largest absolute Gasteiger partial charge is 0.368 e. The maximum absolute atomic E-state index is 6.37. The van der Waals surface area contributed by atoms with E-state index in [4.69, 9.17) is 23.8 Å². The summed E-state index contributed by atoms with van der Waals surface area (Å²) in [5, 5.41) is 4.79. The van der Waals surface area contributed by atoms with Crippen LogP contribution in [0.5, 0.6) is 0 Å². The Morgan fingerprint density at radius 2 is 1.79 bits per heavy atom. The molecule has 2 heterocycles. The first-order chi connectivity index (χ1) is 11.5. The minimum Gasteiger partial charge on any atom is -0.368 e. The second kappa shape index (κ2) is 7.36. The van der Waals surface area contributed by atoms with Gasteiger partial charge in [-0.25, -0.2) is 4.98 Å². The third-order valence-corrected chi connectivity index (χ3v) is 4.95. The number of pyridine rings is 1. The summed E-state index contributed by atoms with van der Waals surface area (Å²) >= 11 is 12.0. The summed E-state index contributed by atoms with van der Waals surface area (Å²) in [4.78, 5) is 7.64. The molecule has 2 aromatic rings. The fraction of sp³-hybridized carbons (Fsp3) is 0.333. The topological polar surface area (TPSA) is 32.6 Å². The van der Waals surface area contributed by atoms with E-state index >= 15 is 0 Å². The molecule has 24 heavy (non-hydrogen) atoms. The lowest BCUT2D eigenvalue weighted by Crippen LogP contribution is -2.50. The molecule has 2 N–H and O–H groups in total. The zero-order valence-electron chi connectivity index (χ0n) is 14.0. The van der Waals surface area contributed by atoms with Crippen molar-refractivity contribution in [2.75, 3.05) is 36.4 Å². The minimum atomic E-state index is 0.717. The van der Waals surface area contributed by atoms with Crippen molar-refractivity contribution < 1.29 is 4.98 Å². The number of benzene rings is 1. The molecule has 1 saturated heterocycles. The van der Waals surface area contributed by atoms with E-state index in [0.717, 1.165) is 48.1 Å². The van der Waals surface area contributed by atoms with Crippen LogP contribution in [0.4, 0.5) is 11.4 Å². The van der Waals surface area contributed by atoms with Gasteiger partial charge in [-0.1, -0.05) is 17.7 Å². The zero-order valence-corrected chi connectivity index (χ0v) is 15.5. The fourth-order valence-electron chi connectivity index (χ4n) is 3.02. The SMILES string of the molecule is Cc1cc(C)c(NC(=S)N2CCN(c3cc[nH+]cc3)CC2)c(Cl)c1. The first-order valence-corrected chi connectivity index (χ1v) is 8.87. The van der Waals surface area contributed by atoms with Crippen molar-refractivity contribution in [3.8, 4) is 0 Å². The van der Waals surface area contributed by atoms with Crippen LogP contribution in [0, 0.1) is 13.8 Å². The highest BCUT2D eigenvalue weighted by Crippen LogP contribution is 2.27. The number of aryl methyl sites for hydroxylation is 2. The van der Waals surface area contributed by atoms with E-state index in [1.807, 2.05) is 32.3 Å². The number of nitrogens with zero attached hydrogens (tertiary/aromatic N) is 2. The highest BCUT2D eigenvalue weighted by Gasteiger charge is 2.20. The van der Waals surface area contributed by atoms with Gasteiger partial charge in [-0.15, -0.1) is 0 Å². The van der Waals surface area contributed by atoms with Gasteiger partial charge < -0.3 is 15.1 Å². The Kier molecular flexibility index (Phi) is 5.21. The number of halogens is 1. The average Bonchev–Trinajstić information content (AvgIpc) is 2.59. The quantitative estimate of drug-likeness (QED) is 0.832. The van der Waals surface area contributed by atoms with Crippen molar-refractivity contribution in [3.63, 3.8) is 0 Å². The number of rotatable bonds is 2. The number of H-pyrrole nitrogens is 1. The minimum absolute atomic E-state index is 0.717. The number of nitrogens with one attached hydrogen (secondary N) is 2. The van der Waals surface area contributed by atoms with E-state index in [1.165, 1.54) is 5.69 Å². The normalized spacial score (nSPS) is 14.6. The van der Waals surface area contributed by atoms with Gasteiger partial charge in [-0.05, 0) is 43.3 Å². The van der Waals surface area contributed by atoms with Crippen LogP contribution in [0.25, 0.3) is 0 Å². The molecule has 4 nitrogen and oxygen atoms in total. The van der Waals surface area contributed by atoms with Gasteiger partial charge in [0.25, 0.3) is 0 Å². The second-order valence-corrected chi connectivity index (χ2v) is 6.89. The van der Waals surface area contributed by atoms with Gasteiger partial charge >= 0.3 is 0 Å². The van der Waals surface area contributed by atoms with Gasteiger partial charge in [0.2, 0.25) is 0 Å². The van der Waals surface area contributed by atoms with Crippen molar-refractivity contribution in [1.29, 1.82) is 0 Å². The maximum atomic E-state index is 6.37. The fourth-order valence-corrected chi connectivity index (χ4v) is 3.67. The standard InChI is InChI=1S/C18H21ClN4S/c1-13-11-14(2)17(16(19)12-13)21-18(24)23-9-7-22(8-10-23)15-3-5-20-6-4-15/h3-6,11-12H,7-10H2,1-2H3,(H,21,24)/p+1. The van der Waals surface area contributed by atoms with Gasteiger partial charge in [-0.3, -0.25) is 0 Å². The molecule has 1 aromatic carbocycles.